The van der Waals surface area contributed by atoms with Crippen LogP contribution in [0.2, 0.25) is 0 Å². The molecule has 0 radical (unpaired) electrons. The Bertz CT molecular complexity index is 1310. The summed E-state index contributed by atoms with van der Waals surface area (Å²) in [7, 11) is 0. The number of hydrazone groups is 1. The molecule has 3 heteroatoms. The molecule has 5 aromatic rings. The van der Waals surface area contributed by atoms with Gasteiger partial charge in [-0.1, -0.05) is 97.1 Å². The molecule has 0 spiro atoms. The van der Waals surface area contributed by atoms with Gasteiger partial charge in [-0.15, -0.1) is 0 Å². The third-order valence-corrected chi connectivity index (χ3v) is 5.33. The fourth-order valence-corrected chi connectivity index (χ4v) is 3.88. The first-order valence-corrected chi connectivity index (χ1v) is 10.7. The van der Waals surface area contributed by atoms with Crippen molar-refractivity contribution in [2.45, 2.75) is 0 Å². The SMILES string of the molecule is C(=N\Nc1ccccc1)/c1cc(-c2ccccc2)n(-c2ccccc2)c1-c1ccccc1. The first-order valence-electron chi connectivity index (χ1n) is 10.7. The quantitative estimate of drug-likeness (QED) is 0.230. The fourth-order valence-electron chi connectivity index (χ4n) is 3.88. The lowest BCUT2D eigenvalue weighted by molar-refractivity contribution is 1.09. The number of benzene rings is 4. The van der Waals surface area contributed by atoms with Gasteiger partial charge in [-0.2, -0.15) is 5.10 Å². The Morgan fingerprint density at radius 1 is 0.594 bits per heavy atom. The zero-order valence-electron chi connectivity index (χ0n) is 17.6. The molecule has 4 aromatic carbocycles. The normalized spacial score (nSPS) is 11.0. The lowest BCUT2D eigenvalue weighted by Crippen LogP contribution is -2.00. The van der Waals surface area contributed by atoms with Gasteiger partial charge in [0.05, 0.1) is 23.3 Å². The molecule has 154 valence electrons. The number of hydrogen-bond donors (Lipinski definition) is 1. The summed E-state index contributed by atoms with van der Waals surface area (Å²) in [6, 6.07) is 43.6. The highest BCUT2D eigenvalue weighted by molar-refractivity contribution is 5.93. The van der Waals surface area contributed by atoms with Crippen molar-refractivity contribution < 1.29 is 0 Å². The maximum atomic E-state index is 4.55. The molecule has 0 aliphatic heterocycles. The number of para-hydroxylation sites is 2. The average molecular weight is 414 g/mol. The Kier molecular flexibility index (Phi) is 5.62. The molecule has 0 atom stereocenters. The summed E-state index contributed by atoms with van der Waals surface area (Å²) in [5.74, 6) is 0. The molecular weight excluding hydrogens is 390 g/mol. The predicted octanol–water partition coefficient (Wildman–Crippen LogP) is 7.26. The Hall–Kier alpha value is -4.37. The van der Waals surface area contributed by atoms with E-state index in [2.05, 4.69) is 94.0 Å². The van der Waals surface area contributed by atoms with Crippen LogP contribution in [-0.4, -0.2) is 10.8 Å². The molecule has 3 nitrogen and oxygen atoms in total. The molecule has 32 heavy (non-hydrogen) atoms. The lowest BCUT2D eigenvalue weighted by Gasteiger charge is -2.15. The minimum Gasteiger partial charge on any atom is -0.309 e. The first kappa shape index (κ1) is 19.6. The second-order valence-corrected chi connectivity index (χ2v) is 7.47. The summed E-state index contributed by atoms with van der Waals surface area (Å²) >= 11 is 0. The van der Waals surface area contributed by atoms with Gasteiger partial charge < -0.3 is 4.57 Å². The first-order chi connectivity index (χ1) is 15.9. The van der Waals surface area contributed by atoms with E-state index in [4.69, 9.17) is 0 Å². The zero-order valence-corrected chi connectivity index (χ0v) is 17.6. The molecule has 0 saturated heterocycles. The zero-order chi connectivity index (χ0) is 21.6. The Labute approximate surface area is 188 Å². The van der Waals surface area contributed by atoms with E-state index < -0.39 is 0 Å². The summed E-state index contributed by atoms with van der Waals surface area (Å²) in [4.78, 5) is 0. The third kappa shape index (κ3) is 4.09. The van der Waals surface area contributed by atoms with Gasteiger partial charge in [-0.25, -0.2) is 0 Å². The van der Waals surface area contributed by atoms with Crippen LogP contribution in [0.4, 0.5) is 5.69 Å². The molecule has 0 aliphatic rings. The predicted molar refractivity (Wildman–Crippen MR) is 134 cm³/mol. The summed E-state index contributed by atoms with van der Waals surface area (Å²) in [6.07, 6.45) is 1.90. The molecule has 0 saturated carbocycles. The van der Waals surface area contributed by atoms with Gasteiger partial charge in [0.15, 0.2) is 0 Å². The monoisotopic (exact) mass is 413 g/mol. The summed E-state index contributed by atoms with van der Waals surface area (Å²) in [6.45, 7) is 0. The molecule has 0 bridgehead atoms. The molecule has 1 aromatic heterocycles. The Morgan fingerprint density at radius 2 is 1.12 bits per heavy atom. The largest absolute Gasteiger partial charge is 0.309 e. The van der Waals surface area contributed by atoms with Crippen LogP contribution in [0.15, 0.2) is 132 Å². The number of aromatic nitrogens is 1. The highest BCUT2D eigenvalue weighted by atomic mass is 15.3. The second-order valence-electron chi connectivity index (χ2n) is 7.47. The number of anilines is 1. The van der Waals surface area contributed by atoms with Crippen molar-refractivity contribution >= 4 is 11.9 Å². The third-order valence-electron chi connectivity index (χ3n) is 5.33. The highest BCUT2D eigenvalue weighted by Crippen LogP contribution is 2.35. The molecule has 0 unspecified atom stereocenters. The van der Waals surface area contributed by atoms with E-state index in [1.807, 2.05) is 54.7 Å². The van der Waals surface area contributed by atoms with E-state index in [-0.39, 0.29) is 0 Å². The van der Waals surface area contributed by atoms with Crippen LogP contribution in [-0.2, 0) is 0 Å². The van der Waals surface area contributed by atoms with Gasteiger partial charge in [-0.05, 0) is 41.5 Å². The van der Waals surface area contributed by atoms with E-state index in [0.29, 0.717) is 0 Å². The number of rotatable bonds is 6. The van der Waals surface area contributed by atoms with Crippen molar-refractivity contribution in [3.8, 4) is 28.2 Å². The van der Waals surface area contributed by atoms with Gasteiger partial charge in [0.2, 0.25) is 0 Å². The van der Waals surface area contributed by atoms with Crippen molar-refractivity contribution in [3.63, 3.8) is 0 Å². The van der Waals surface area contributed by atoms with Gasteiger partial charge in [-0.3, -0.25) is 5.43 Å². The van der Waals surface area contributed by atoms with Crippen LogP contribution in [0.5, 0.6) is 0 Å². The van der Waals surface area contributed by atoms with Crippen molar-refractivity contribution in [3.05, 3.63) is 133 Å². The maximum Gasteiger partial charge on any atom is 0.0623 e. The van der Waals surface area contributed by atoms with Gasteiger partial charge >= 0.3 is 0 Å². The number of nitrogens with one attached hydrogen (secondary N) is 1. The van der Waals surface area contributed by atoms with Crippen LogP contribution >= 0.6 is 0 Å². The van der Waals surface area contributed by atoms with E-state index >= 15 is 0 Å². The van der Waals surface area contributed by atoms with Crippen LogP contribution in [0, 0.1) is 0 Å². The van der Waals surface area contributed by atoms with Crippen molar-refractivity contribution in [2.75, 3.05) is 5.43 Å². The minimum absolute atomic E-state index is 0.954. The minimum atomic E-state index is 0.954. The van der Waals surface area contributed by atoms with Gasteiger partial charge in [0, 0.05) is 11.3 Å². The molecule has 5 rings (SSSR count). The van der Waals surface area contributed by atoms with Crippen molar-refractivity contribution in [2.24, 2.45) is 5.10 Å². The Morgan fingerprint density at radius 3 is 1.75 bits per heavy atom. The average Bonchev–Trinajstić information content (AvgIpc) is 3.26. The van der Waals surface area contributed by atoms with Gasteiger partial charge in [0.1, 0.15) is 0 Å². The van der Waals surface area contributed by atoms with E-state index in [1.165, 1.54) is 0 Å². The molecule has 0 aliphatic carbocycles. The summed E-state index contributed by atoms with van der Waals surface area (Å²) in [5, 5.41) is 4.55. The standard InChI is InChI=1S/C29H23N3/c1-5-13-23(14-6-1)28-21-25(22-30-31-26-17-9-3-10-18-26)29(24-15-7-2-8-16-24)32(28)27-19-11-4-12-20-27/h1-22,31H/b30-22+. The van der Waals surface area contributed by atoms with E-state index in [9.17, 15) is 0 Å². The van der Waals surface area contributed by atoms with Gasteiger partial charge in [0.25, 0.3) is 0 Å². The van der Waals surface area contributed by atoms with Crippen molar-refractivity contribution in [1.29, 1.82) is 0 Å². The Balaban J connectivity index is 1.70. The van der Waals surface area contributed by atoms with E-state index in [0.717, 1.165) is 39.5 Å². The van der Waals surface area contributed by atoms with Crippen LogP contribution in [0.3, 0.4) is 0 Å². The molecule has 0 amide bonds. The van der Waals surface area contributed by atoms with Crippen molar-refractivity contribution in [1.82, 2.24) is 4.57 Å². The molecule has 0 fully saturated rings. The highest BCUT2D eigenvalue weighted by Gasteiger charge is 2.18. The maximum absolute atomic E-state index is 4.55. The molecule has 1 heterocycles. The smallest absolute Gasteiger partial charge is 0.0623 e. The lowest BCUT2D eigenvalue weighted by atomic mass is 10.1. The van der Waals surface area contributed by atoms with Crippen LogP contribution < -0.4 is 5.43 Å². The topological polar surface area (TPSA) is 29.3 Å². The molecule has 1 N–H and O–H groups in total. The summed E-state index contributed by atoms with van der Waals surface area (Å²) < 4.78 is 2.31. The van der Waals surface area contributed by atoms with Crippen LogP contribution in [0.1, 0.15) is 5.56 Å². The second kappa shape index (κ2) is 9.19. The number of hydrogen-bond acceptors (Lipinski definition) is 2. The van der Waals surface area contributed by atoms with Crippen LogP contribution in [0.25, 0.3) is 28.2 Å². The fraction of sp³-hybridized carbons (Fsp3) is 0. The molecular formula is C29H23N3. The number of nitrogens with zero attached hydrogens (tertiary/aromatic N) is 2. The summed E-state index contributed by atoms with van der Waals surface area (Å²) in [5.41, 5.74) is 10.8. The van der Waals surface area contributed by atoms with E-state index in [1.54, 1.807) is 0 Å².